The molecule has 3 rings (SSSR count). The van der Waals surface area contributed by atoms with Gasteiger partial charge in [-0.25, -0.2) is 0 Å². The van der Waals surface area contributed by atoms with Crippen LogP contribution in [0, 0.1) is 10.1 Å². The lowest BCUT2D eigenvalue weighted by atomic mass is 10.1. The Morgan fingerprint density at radius 2 is 1.89 bits per heavy atom. The average Bonchev–Trinajstić information content (AvgIpc) is 3.07. The van der Waals surface area contributed by atoms with Crippen molar-refractivity contribution < 1.29 is 27.6 Å². The highest BCUT2D eigenvalue weighted by Gasteiger charge is 2.34. The lowest BCUT2D eigenvalue weighted by Crippen LogP contribution is -2.14. The summed E-state index contributed by atoms with van der Waals surface area (Å²) in [4.78, 5) is 26.7. The van der Waals surface area contributed by atoms with Crippen molar-refractivity contribution in [1.29, 1.82) is 0 Å². The Balaban J connectivity index is 1.91. The molecular formula is C17H10F3N3O5. The third kappa shape index (κ3) is 3.77. The molecule has 11 heteroatoms. The lowest BCUT2D eigenvalue weighted by Gasteiger charge is -2.10. The molecule has 0 atom stereocenters. The zero-order chi connectivity index (χ0) is 20.5. The summed E-state index contributed by atoms with van der Waals surface area (Å²) in [7, 11) is 0. The Labute approximate surface area is 153 Å². The van der Waals surface area contributed by atoms with E-state index in [0.29, 0.717) is 0 Å². The van der Waals surface area contributed by atoms with E-state index in [1.165, 1.54) is 42.5 Å². The number of nitrogens with zero attached hydrogens (tertiary/aromatic N) is 2. The number of halogens is 3. The van der Waals surface area contributed by atoms with Crippen LogP contribution in [0.15, 0.2) is 45.6 Å². The monoisotopic (exact) mass is 393 g/mol. The van der Waals surface area contributed by atoms with Crippen LogP contribution in [0.25, 0.3) is 23.5 Å². The van der Waals surface area contributed by atoms with E-state index in [1.807, 2.05) is 0 Å². The van der Waals surface area contributed by atoms with Crippen molar-refractivity contribution in [3.63, 3.8) is 0 Å². The van der Waals surface area contributed by atoms with Crippen molar-refractivity contribution in [2.24, 2.45) is 0 Å². The van der Waals surface area contributed by atoms with Gasteiger partial charge >= 0.3 is 17.4 Å². The van der Waals surface area contributed by atoms with Crippen molar-refractivity contribution in [3.8, 4) is 17.2 Å². The second kappa shape index (κ2) is 7.02. The molecule has 2 aromatic heterocycles. The van der Waals surface area contributed by atoms with Crippen LogP contribution in [0.3, 0.4) is 0 Å². The third-order valence-electron chi connectivity index (χ3n) is 3.61. The first-order valence-corrected chi connectivity index (χ1v) is 7.59. The quantitative estimate of drug-likeness (QED) is 0.513. The molecule has 2 N–H and O–H groups in total. The van der Waals surface area contributed by atoms with Crippen molar-refractivity contribution in [3.05, 3.63) is 74.0 Å². The SMILES string of the molecule is O=c1[nH]c(C=Cc2ccc(-c3ccccc3C(F)(F)F)o2)nc(O)c1[N+](=O)[O-]. The molecule has 0 aliphatic carbocycles. The molecule has 3 aromatic rings. The van der Waals surface area contributed by atoms with Gasteiger partial charge in [0.1, 0.15) is 17.3 Å². The van der Waals surface area contributed by atoms with Gasteiger partial charge in [0.2, 0.25) is 0 Å². The molecule has 0 bridgehead atoms. The summed E-state index contributed by atoms with van der Waals surface area (Å²) in [6.45, 7) is 0. The van der Waals surface area contributed by atoms with Gasteiger partial charge in [-0.15, -0.1) is 0 Å². The molecule has 0 radical (unpaired) electrons. The summed E-state index contributed by atoms with van der Waals surface area (Å²) in [5.74, 6) is -1.16. The van der Waals surface area contributed by atoms with Gasteiger partial charge in [-0.3, -0.25) is 14.9 Å². The summed E-state index contributed by atoms with van der Waals surface area (Å²) in [5.41, 5.74) is -3.25. The van der Waals surface area contributed by atoms with Crippen LogP contribution >= 0.6 is 0 Å². The molecule has 0 aliphatic rings. The Morgan fingerprint density at radius 3 is 2.54 bits per heavy atom. The summed E-state index contributed by atoms with van der Waals surface area (Å²) in [6, 6.07) is 7.64. The summed E-state index contributed by atoms with van der Waals surface area (Å²) < 4.78 is 44.7. The molecule has 0 saturated carbocycles. The molecule has 0 aliphatic heterocycles. The number of nitrogens with one attached hydrogen (secondary N) is 1. The van der Waals surface area contributed by atoms with Gasteiger partial charge in [-0.1, -0.05) is 18.2 Å². The normalized spacial score (nSPS) is 11.8. The number of nitro groups is 1. The Morgan fingerprint density at radius 1 is 1.18 bits per heavy atom. The van der Waals surface area contributed by atoms with E-state index >= 15 is 0 Å². The predicted molar refractivity (Wildman–Crippen MR) is 91.3 cm³/mol. The first-order valence-electron chi connectivity index (χ1n) is 7.59. The van der Waals surface area contributed by atoms with E-state index in [-0.39, 0.29) is 22.9 Å². The maximum Gasteiger partial charge on any atom is 0.417 e. The standard InChI is InChI=1S/C17H10F3N3O5/c18-17(19,20)11-4-2-1-3-10(11)12-7-5-9(28-12)6-8-13-21-15(24)14(23(26)27)16(25)22-13/h1-8H,(H2,21,22,24,25). The van der Waals surface area contributed by atoms with Gasteiger partial charge in [-0.05, 0) is 30.4 Å². The molecule has 0 amide bonds. The van der Waals surface area contributed by atoms with Crippen LogP contribution < -0.4 is 5.56 Å². The van der Waals surface area contributed by atoms with Crippen LogP contribution in [0.5, 0.6) is 5.88 Å². The van der Waals surface area contributed by atoms with Gasteiger partial charge in [0.15, 0.2) is 0 Å². The highest BCUT2D eigenvalue weighted by molar-refractivity contribution is 5.68. The first-order chi connectivity index (χ1) is 13.2. The van der Waals surface area contributed by atoms with Crippen LogP contribution in [0.1, 0.15) is 17.1 Å². The van der Waals surface area contributed by atoms with Crippen molar-refractivity contribution >= 4 is 17.8 Å². The zero-order valence-corrected chi connectivity index (χ0v) is 13.7. The molecule has 8 nitrogen and oxygen atoms in total. The fourth-order valence-electron chi connectivity index (χ4n) is 2.41. The minimum Gasteiger partial charge on any atom is -0.488 e. The molecule has 2 heterocycles. The number of aromatic hydroxyl groups is 1. The molecule has 0 spiro atoms. The fraction of sp³-hybridized carbons (Fsp3) is 0.0588. The maximum absolute atomic E-state index is 13.1. The summed E-state index contributed by atoms with van der Waals surface area (Å²) in [6.07, 6.45) is -2.12. The highest BCUT2D eigenvalue weighted by Crippen LogP contribution is 2.37. The second-order valence-corrected chi connectivity index (χ2v) is 5.46. The Kier molecular flexibility index (Phi) is 4.74. The molecule has 144 valence electrons. The number of aromatic amines is 1. The number of hydrogen-bond acceptors (Lipinski definition) is 6. The second-order valence-electron chi connectivity index (χ2n) is 5.46. The van der Waals surface area contributed by atoms with Crippen LogP contribution in [0.2, 0.25) is 0 Å². The number of rotatable bonds is 4. The van der Waals surface area contributed by atoms with Crippen molar-refractivity contribution in [1.82, 2.24) is 9.97 Å². The Hall–Kier alpha value is -3.89. The zero-order valence-electron chi connectivity index (χ0n) is 13.7. The molecule has 28 heavy (non-hydrogen) atoms. The number of H-pyrrole nitrogens is 1. The van der Waals surface area contributed by atoms with E-state index in [9.17, 15) is 33.2 Å². The summed E-state index contributed by atoms with van der Waals surface area (Å²) >= 11 is 0. The van der Waals surface area contributed by atoms with E-state index < -0.39 is 33.8 Å². The minimum absolute atomic E-state index is 0.0272. The lowest BCUT2D eigenvalue weighted by molar-refractivity contribution is -0.387. The topological polar surface area (TPSA) is 122 Å². The van der Waals surface area contributed by atoms with Gasteiger partial charge < -0.3 is 14.5 Å². The molecule has 0 fully saturated rings. The Bertz CT molecular complexity index is 1130. The average molecular weight is 393 g/mol. The smallest absolute Gasteiger partial charge is 0.417 e. The number of furan rings is 1. The first kappa shape index (κ1) is 18.9. The fourth-order valence-corrected chi connectivity index (χ4v) is 2.41. The number of hydrogen-bond donors (Lipinski definition) is 2. The van der Waals surface area contributed by atoms with Crippen LogP contribution in [-0.4, -0.2) is 20.0 Å². The molecular weight excluding hydrogens is 383 g/mol. The maximum atomic E-state index is 13.1. The van der Waals surface area contributed by atoms with E-state index in [2.05, 4.69) is 9.97 Å². The summed E-state index contributed by atoms with van der Waals surface area (Å²) in [5, 5.41) is 20.1. The van der Waals surface area contributed by atoms with Gasteiger partial charge in [0.05, 0.1) is 10.5 Å². The van der Waals surface area contributed by atoms with Crippen LogP contribution in [0.4, 0.5) is 18.9 Å². The van der Waals surface area contributed by atoms with E-state index in [4.69, 9.17) is 4.42 Å². The van der Waals surface area contributed by atoms with E-state index in [0.717, 1.165) is 6.07 Å². The predicted octanol–water partition coefficient (Wildman–Crippen LogP) is 3.83. The minimum atomic E-state index is -4.56. The van der Waals surface area contributed by atoms with Crippen LogP contribution in [-0.2, 0) is 6.18 Å². The van der Waals surface area contributed by atoms with Crippen molar-refractivity contribution in [2.45, 2.75) is 6.18 Å². The molecule has 0 saturated heterocycles. The molecule has 0 unspecified atom stereocenters. The third-order valence-corrected chi connectivity index (χ3v) is 3.61. The number of alkyl halides is 3. The highest BCUT2D eigenvalue weighted by atomic mass is 19.4. The van der Waals surface area contributed by atoms with Crippen molar-refractivity contribution in [2.75, 3.05) is 0 Å². The van der Waals surface area contributed by atoms with E-state index in [1.54, 1.807) is 0 Å². The number of benzene rings is 1. The van der Waals surface area contributed by atoms with Gasteiger partial charge in [0.25, 0.3) is 5.88 Å². The largest absolute Gasteiger partial charge is 0.488 e. The molecule has 1 aromatic carbocycles. The number of aromatic nitrogens is 2. The van der Waals surface area contributed by atoms with Gasteiger partial charge in [-0.2, -0.15) is 18.2 Å². The van der Waals surface area contributed by atoms with Gasteiger partial charge in [0, 0.05) is 5.56 Å².